The molecule has 3 heterocycles. The first kappa shape index (κ1) is 19.9. The number of benzene rings is 1. The number of pyridine rings is 1. The number of halogens is 1. The van der Waals surface area contributed by atoms with Gasteiger partial charge in [0, 0.05) is 37.6 Å². The highest BCUT2D eigenvalue weighted by Crippen LogP contribution is 2.24. The zero-order chi connectivity index (χ0) is 20.2. The lowest BCUT2D eigenvalue weighted by molar-refractivity contribution is -0.0419. The molecule has 0 aliphatic carbocycles. The van der Waals surface area contributed by atoms with Gasteiger partial charge in [0.05, 0.1) is 19.4 Å². The van der Waals surface area contributed by atoms with E-state index in [9.17, 15) is 4.39 Å². The maximum absolute atomic E-state index is 13.2. The molecule has 0 bridgehead atoms. The fourth-order valence-electron chi connectivity index (χ4n) is 3.57. The molecule has 0 radical (unpaired) electrons. The van der Waals surface area contributed by atoms with Crippen LogP contribution in [0.1, 0.15) is 25.0 Å². The van der Waals surface area contributed by atoms with E-state index >= 15 is 0 Å². The van der Waals surface area contributed by atoms with Gasteiger partial charge in [-0.1, -0.05) is 19.1 Å². The molecule has 152 valence electrons. The van der Waals surface area contributed by atoms with Crippen molar-refractivity contribution in [3.63, 3.8) is 0 Å². The van der Waals surface area contributed by atoms with Crippen LogP contribution in [0.3, 0.4) is 0 Å². The third-order valence-electron chi connectivity index (χ3n) is 5.03. The van der Waals surface area contributed by atoms with Crippen molar-refractivity contribution >= 4 is 12.2 Å². The molecule has 1 aromatic carbocycles. The van der Waals surface area contributed by atoms with E-state index in [1.54, 1.807) is 24.5 Å². The Morgan fingerprint density at radius 1 is 1.17 bits per heavy atom. The second kappa shape index (κ2) is 8.94. The predicted molar refractivity (Wildman–Crippen MR) is 111 cm³/mol. The van der Waals surface area contributed by atoms with E-state index < -0.39 is 0 Å². The highest BCUT2D eigenvalue weighted by atomic mass is 32.1. The average molecular weight is 414 g/mol. The van der Waals surface area contributed by atoms with Gasteiger partial charge in [-0.25, -0.2) is 9.07 Å². The molecular formula is C21H24FN5OS. The molecule has 1 atom stereocenters. The summed E-state index contributed by atoms with van der Waals surface area (Å²) in [4.78, 5) is 6.37. The molecule has 0 saturated carbocycles. The third kappa shape index (κ3) is 4.44. The smallest absolute Gasteiger partial charge is 0.199 e. The standard InChI is InChI=1S/C21H24FN5OS/c1-2-11-26-20(17-7-9-23-10-8-17)24-27(21(26)29)15-25-12-13-28-19(14-25)16-3-5-18(22)6-4-16/h3-10,19H,2,11-15H2,1H3. The molecule has 0 N–H and O–H groups in total. The van der Waals surface area contributed by atoms with Crippen molar-refractivity contribution in [2.75, 3.05) is 19.7 Å². The Hall–Kier alpha value is -2.42. The van der Waals surface area contributed by atoms with Crippen LogP contribution in [0, 0.1) is 10.6 Å². The van der Waals surface area contributed by atoms with Crippen LogP contribution in [0.25, 0.3) is 11.4 Å². The van der Waals surface area contributed by atoms with Gasteiger partial charge in [-0.15, -0.1) is 0 Å². The van der Waals surface area contributed by atoms with E-state index in [4.69, 9.17) is 22.1 Å². The number of rotatable bonds is 6. The van der Waals surface area contributed by atoms with Crippen molar-refractivity contribution in [1.82, 2.24) is 24.2 Å². The molecule has 4 rings (SSSR count). The lowest BCUT2D eigenvalue weighted by atomic mass is 10.1. The van der Waals surface area contributed by atoms with Crippen molar-refractivity contribution in [3.05, 3.63) is 64.9 Å². The van der Waals surface area contributed by atoms with Crippen LogP contribution in [0.15, 0.2) is 48.8 Å². The molecule has 1 aliphatic rings. The number of aromatic nitrogens is 4. The summed E-state index contributed by atoms with van der Waals surface area (Å²) in [6.07, 6.45) is 4.42. The van der Waals surface area contributed by atoms with Crippen molar-refractivity contribution < 1.29 is 9.13 Å². The first-order chi connectivity index (χ1) is 14.2. The summed E-state index contributed by atoms with van der Waals surface area (Å²) in [5.41, 5.74) is 1.98. The van der Waals surface area contributed by atoms with E-state index in [0.29, 0.717) is 24.6 Å². The number of morpholine rings is 1. The third-order valence-corrected chi connectivity index (χ3v) is 5.47. The summed E-state index contributed by atoms with van der Waals surface area (Å²) in [7, 11) is 0. The summed E-state index contributed by atoms with van der Waals surface area (Å²) in [6.45, 7) is 5.66. The van der Waals surface area contributed by atoms with Crippen LogP contribution < -0.4 is 0 Å². The number of ether oxygens (including phenoxy) is 1. The summed E-state index contributed by atoms with van der Waals surface area (Å²) < 4.78 is 23.8. The Morgan fingerprint density at radius 3 is 2.66 bits per heavy atom. The predicted octanol–water partition coefficient (Wildman–Crippen LogP) is 4.06. The van der Waals surface area contributed by atoms with E-state index in [1.807, 2.05) is 16.8 Å². The van der Waals surface area contributed by atoms with Crippen molar-refractivity contribution in [2.45, 2.75) is 32.7 Å². The summed E-state index contributed by atoms with van der Waals surface area (Å²) in [5, 5.41) is 4.82. The molecule has 0 spiro atoms. The first-order valence-electron chi connectivity index (χ1n) is 9.83. The Kier molecular flexibility index (Phi) is 6.13. The average Bonchev–Trinajstić information content (AvgIpc) is 3.05. The fraction of sp³-hybridized carbons (Fsp3) is 0.381. The maximum atomic E-state index is 13.2. The molecule has 1 aliphatic heterocycles. The maximum Gasteiger partial charge on any atom is 0.199 e. The van der Waals surface area contributed by atoms with E-state index in [-0.39, 0.29) is 11.9 Å². The van der Waals surface area contributed by atoms with Crippen LogP contribution in [0.4, 0.5) is 4.39 Å². The van der Waals surface area contributed by atoms with Crippen LogP contribution in [-0.2, 0) is 18.0 Å². The van der Waals surface area contributed by atoms with E-state index in [1.165, 1.54) is 12.1 Å². The lowest BCUT2D eigenvalue weighted by Gasteiger charge is -2.32. The molecule has 3 aromatic rings. The zero-order valence-electron chi connectivity index (χ0n) is 16.4. The minimum absolute atomic E-state index is 0.0871. The van der Waals surface area contributed by atoms with Crippen molar-refractivity contribution in [2.24, 2.45) is 0 Å². The number of hydrogen-bond donors (Lipinski definition) is 0. The monoisotopic (exact) mass is 413 g/mol. The summed E-state index contributed by atoms with van der Waals surface area (Å²) in [6, 6.07) is 10.4. The fourth-order valence-corrected chi connectivity index (χ4v) is 3.85. The van der Waals surface area contributed by atoms with Gasteiger partial charge in [0.1, 0.15) is 5.82 Å². The van der Waals surface area contributed by atoms with Crippen LogP contribution in [0.2, 0.25) is 0 Å². The van der Waals surface area contributed by atoms with Gasteiger partial charge in [0.25, 0.3) is 0 Å². The minimum atomic E-state index is -0.238. The Bertz CT molecular complexity index is 1000. The molecule has 2 aromatic heterocycles. The SMILES string of the molecule is CCCn1c(-c2ccncc2)nn(CN2CCOC(c3ccc(F)cc3)C2)c1=S. The molecule has 6 nitrogen and oxygen atoms in total. The largest absolute Gasteiger partial charge is 0.371 e. The van der Waals surface area contributed by atoms with Gasteiger partial charge in [0.2, 0.25) is 0 Å². The highest BCUT2D eigenvalue weighted by Gasteiger charge is 2.23. The molecule has 8 heteroatoms. The Morgan fingerprint density at radius 2 is 1.93 bits per heavy atom. The first-order valence-corrected chi connectivity index (χ1v) is 10.2. The van der Waals surface area contributed by atoms with Gasteiger partial charge in [-0.2, -0.15) is 5.10 Å². The normalized spacial score (nSPS) is 17.5. The quantitative estimate of drug-likeness (QED) is 0.571. The Balaban J connectivity index is 1.56. The molecular weight excluding hydrogens is 389 g/mol. The van der Waals surface area contributed by atoms with Gasteiger partial charge in [0.15, 0.2) is 10.6 Å². The van der Waals surface area contributed by atoms with Crippen LogP contribution in [-0.4, -0.2) is 43.9 Å². The van der Waals surface area contributed by atoms with Crippen LogP contribution in [0.5, 0.6) is 0 Å². The highest BCUT2D eigenvalue weighted by molar-refractivity contribution is 7.71. The molecule has 29 heavy (non-hydrogen) atoms. The number of hydrogen-bond acceptors (Lipinski definition) is 5. The Labute approximate surface area is 174 Å². The van der Waals surface area contributed by atoms with Gasteiger partial charge < -0.3 is 4.74 Å². The molecule has 0 amide bonds. The van der Waals surface area contributed by atoms with Gasteiger partial charge in [-0.05, 0) is 48.5 Å². The lowest BCUT2D eigenvalue weighted by Crippen LogP contribution is -2.39. The van der Waals surface area contributed by atoms with E-state index in [0.717, 1.165) is 36.5 Å². The van der Waals surface area contributed by atoms with Gasteiger partial charge in [-0.3, -0.25) is 14.5 Å². The number of nitrogens with zero attached hydrogens (tertiary/aromatic N) is 5. The summed E-state index contributed by atoms with van der Waals surface area (Å²) in [5.74, 6) is 0.625. The van der Waals surface area contributed by atoms with Crippen LogP contribution >= 0.6 is 12.2 Å². The van der Waals surface area contributed by atoms with Crippen molar-refractivity contribution in [1.29, 1.82) is 0 Å². The van der Waals surface area contributed by atoms with E-state index in [2.05, 4.69) is 21.4 Å². The molecule has 1 unspecified atom stereocenters. The van der Waals surface area contributed by atoms with Crippen molar-refractivity contribution in [3.8, 4) is 11.4 Å². The summed E-state index contributed by atoms with van der Waals surface area (Å²) >= 11 is 5.73. The molecule has 1 saturated heterocycles. The molecule has 1 fully saturated rings. The zero-order valence-corrected chi connectivity index (χ0v) is 17.2. The minimum Gasteiger partial charge on any atom is -0.371 e. The van der Waals surface area contributed by atoms with Gasteiger partial charge >= 0.3 is 0 Å². The topological polar surface area (TPSA) is 48.1 Å². The second-order valence-electron chi connectivity index (χ2n) is 7.12. The second-order valence-corrected chi connectivity index (χ2v) is 7.49.